The van der Waals surface area contributed by atoms with Gasteiger partial charge >= 0.3 is 0 Å². The van der Waals surface area contributed by atoms with E-state index in [4.69, 9.17) is 4.74 Å². The van der Waals surface area contributed by atoms with Gasteiger partial charge in [0.05, 0.1) is 23.5 Å². The molecule has 0 radical (unpaired) electrons. The lowest BCUT2D eigenvalue weighted by Gasteiger charge is -2.08. The van der Waals surface area contributed by atoms with Gasteiger partial charge < -0.3 is 9.84 Å². The highest BCUT2D eigenvalue weighted by atomic mass is 79.9. The molecule has 0 spiro atoms. The van der Waals surface area contributed by atoms with Crippen LogP contribution < -0.4 is 15.7 Å². The molecule has 3 N–H and O–H groups in total. The predicted molar refractivity (Wildman–Crippen MR) is 109 cm³/mol. The molecule has 0 aliphatic heterocycles. The van der Waals surface area contributed by atoms with E-state index in [1.54, 1.807) is 30.3 Å². The number of rotatable bonds is 5. The average molecular weight is 440 g/mol. The van der Waals surface area contributed by atoms with E-state index in [2.05, 4.69) is 36.4 Å². The smallest absolute Gasteiger partial charge is 0.270 e. The van der Waals surface area contributed by atoms with Crippen LogP contribution in [0.5, 0.6) is 11.5 Å². The summed E-state index contributed by atoms with van der Waals surface area (Å²) in [7, 11) is 1.44. The maximum atomic E-state index is 12.2. The zero-order valence-corrected chi connectivity index (χ0v) is 16.2. The first-order valence-electron chi connectivity index (χ1n) is 7.99. The Morgan fingerprint density at radius 2 is 2.07 bits per heavy atom. The van der Waals surface area contributed by atoms with Gasteiger partial charge in [-0.25, -0.2) is 10.4 Å². The van der Waals surface area contributed by atoms with Crippen LogP contribution >= 0.6 is 15.9 Å². The number of H-pyrrole nitrogens is 1. The minimum Gasteiger partial charge on any atom is -0.504 e. The quantitative estimate of drug-likeness (QED) is 0.414. The molecule has 3 rings (SSSR count). The lowest BCUT2D eigenvalue weighted by Crippen LogP contribution is -2.16. The minimum absolute atomic E-state index is 0.00919. The maximum absolute atomic E-state index is 12.2. The summed E-state index contributed by atoms with van der Waals surface area (Å²) < 4.78 is 5.64. The Bertz CT molecular complexity index is 1140. The Hall–Kier alpha value is -3.64. The van der Waals surface area contributed by atoms with Crippen molar-refractivity contribution in [2.24, 2.45) is 5.10 Å². The number of aromatic nitrogens is 2. The van der Waals surface area contributed by atoms with Crippen LogP contribution in [0.1, 0.15) is 11.1 Å². The van der Waals surface area contributed by atoms with Crippen LogP contribution in [0, 0.1) is 11.3 Å². The number of hydrogen-bond acceptors (Lipinski definition) is 7. The minimum atomic E-state index is -0.568. The molecule has 0 atom stereocenters. The molecule has 9 heteroatoms. The second-order valence-corrected chi connectivity index (χ2v) is 6.30. The average Bonchev–Trinajstić information content (AvgIpc) is 2.70. The van der Waals surface area contributed by atoms with Crippen molar-refractivity contribution >= 4 is 28.1 Å². The summed E-state index contributed by atoms with van der Waals surface area (Å²) >= 11 is 3.34. The SMILES string of the molecule is COc1c(O)ccc(C=NNc2nc(-c3ccccc3)c(C#N)c(=O)[nH]2)c1Br. The van der Waals surface area contributed by atoms with Gasteiger partial charge in [-0.1, -0.05) is 30.3 Å². The number of anilines is 1. The van der Waals surface area contributed by atoms with Gasteiger partial charge in [-0.05, 0) is 28.1 Å². The van der Waals surface area contributed by atoms with Crippen LogP contribution in [0.3, 0.4) is 0 Å². The molecule has 0 aliphatic rings. The van der Waals surface area contributed by atoms with Crippen LogP contribution in [0.2, 0.25) is 0 Å². The fraction of sp³-hybridized carbons (Fsp3) is 0.0526. The van der Waals surface area contributed by atoms with E-state index < -0.39 is 5.56 Å². The molecule has 8 nitrogen and oxygen atoms in total. The molecule has 0 amide bonds. The van der Waals surface area contributed by atoms with E-state index in [0.717, 1.165) is 0 Å². The van der Waals surface area contributed by atoms with Crippen LogP contribution in [0.15, 0.2) is 56.8 Å². The van der Waals surface area contributed by atoms with Crippen molar-refractivity contribution in [1.82, 2.24) is 9.97 Å². The van der Waals surface area contributed by atoms with Crippen LogP contribution in [-0.2, 0) is 0 Å². The van der Waals surface area contributed by atoms with E-state index in [9.17, 15) is 15.2 Å². The molecular formula is C19H14BrN5O3. The number of phenolic OH excluding ortho intramolecular Hbond substituents is 1. The number of nitrogens with one attached hydrogen (secondary N) is 2. The van der Waals surface area contributed by atoms with Crippen molar-refractivity contribution in [2.45, 2.75) is 0 Å². The van der Waals surface area contributed by atoms with E-state index in [0.29, 0.717) is 15.6 Å². The molecule has 0 saturated carbocycles. The Kier molecular flexibility index (Phi) is 5.72. The number of nitriles is 1. The summed E-state index contributed by atoms with van der Waals surface area (Å²) in [5.41, 5.74) is 3.53. The van der Waals surface area contributed by atoms with Gasteiger partial charge in [0.25, 0.3) is 5.56 Å². The number of phenols is 1. The third kappa shape index (κ3) is 3.87. The van der Waals surface area contributed by atoms with Gasteiger partial charge in [0.1, 0.15) is 11.6 Å². The summed E-state index contributed by atoms with van der Waals surface area (Å²) in [6.45, 7) is 0. The molecule has 0 unspecified atom stereocenters. The van der Waals surface area contributed by atoms with Gasteiger partial charge in [-0.2, -0.15) is 10.4 Å². The monoisotopic (exact) mass is 439 g/mol. The number of nitrogens with zero attached hydrogens (tertiary/aromatic N) is 3. The maximum Gasteiger partial charge on any atom is 0.270 e. The van der Waals surface area contributed by atoms with E-state index in [-0.39, 0.29) is 28.7 Å². The third-order valence-corrected chi connectivity index (χ3v) is 4.58. The number of aromatic amines is 1. The van der Waals surface area contributed by atoms with Crippen molar-refractivity contribution in [2.75, 3.05) is 12.5 Å². The third-order valence-electron chi connectivity index (χ3n) is 3.76. The molecule has 0 bridgehead atoms. The molecular weight excluding hydrogens is 426 g/mol. The zero-order valence-electron chi connectivity index (χ0n) is 14.6. The highest BCUT2D eigenvalue weighted by Crippen LogP contribution is 2.36. The number of benzene rings is 2. The molecule has 2 aromatic carbocycles. The number of aromatic hydroxyl groups is 1. The van der Waals surface area contributed by atoms with Crippen molar-refractivity contribution in [1.29, 1.82) is 5.26 Å². The van der Waals surface area contributed by atoms with Gasteiger partial charge in [0.2, 0.25) is 5.95 Å². The van der Waals surface area contributed by atoms with Gasteiger partial charge in [0, 0.05) is 11.1 Å². The zero-order chi connectivity index (χ0) is 20.1. The van der Waals surface area contributed by atoms with Crippen molar-refractivity contribution in [3.8, 4) is 28.8 Å². The topological polar surface area (TPSA) is 123 Å². The molecule has 3 aromatic rings. The van der Waals surface area contributed by atoms with Crippen molar-refractivity contribution in [3.05, 3.63) is 68.4 Å². The Morgan fingerprint density at radius 3 is 2.75 bits per heavy atom. The van der Waals surface area contributed by atoms with Crippen LogP contribution in [-0.4, -0.2) is 28.4 Å². The normalized spacial score (nSPS) is 10.6. The second-order valence-electron chi connectivity index (χ2n) is 5.51. The number of halogens is 1. The summed E-state index contributed by atoms with van der Waals surface area (Å²) in [6, 6.07) is 13.9. The second kappa shape index (κ2) is 8.37. The number of ether oxygens (including phenoxy) is 1. The fourth-order valence-corrected chi connectivity index (χ4v) is 3.05. The van der Waals surface area contributed by atoms with E-state index >= 15 is 0 Å². The summed E-state index contributed by atoms with van der Waals surface area (Å²) in [5, 5.41) is 23.1. The Balaban J connectivity index is 1.92. The summed E-state index contributed by atoms with van der Waals surface area (Å²) in [5.74, 6) is 0.353. The molecule has 0 saturated heterocycles. The highest BCUT2D eigenvalue weighted by molar-refractivity contribution is 9.10. The summed E-state index contributed by atoms with van der Waals surface area (Å²) in [6.07, 6.45) is 1.46. The number of hydrogen-bond donors (Lipinski definition) is 3. The number of methoxy groups -OCH3 is 1. The molecule has 140 valence electrons. The lowest BCUT2D eigenvalue weighted by atomic mass is 10.1. The molecule has 28 heavy (non-hydrogen) atoms. The van der Waals surface area contributed by atoms with Crippen molar-refractivity contribution < 1.29 is 9.84 Å². The van der Waals surface area contributed by atoms with Gasteiger partial charge in [-0.15, -0.1) is 0 Å². The van der Waals surface area contributed by atoms with Gasteiger partial charge in [0.15, 0.2) is 11.5 Å². The van der Waals surface area contributed by atoms with Gasteiger partial charge in [-0.3, -0.25) is 9.78 Å². The van der Waals surface area contributed by atoms with E-state index in [1.165, 1.54) is 19.4 Å². The Morgan fingerprint density at radius 1 is 1.32 bits per heavy atom. The molecule has 0 aliphatic carbocycles. The van der Waals surface area contributed by atoms with Crippen LogP contribution in [0.4, 0.5) is 5.95 Å². The molecule has 0 fully saturated rings. The van der Waals surface area contributed by atoms with Crippen LogP contribution in [0.25, 0.3) is 11.3 Å². The Labute approximate surface area is 168 Å². The number of hydrazone groups is 1. The molecule has 1 heterocycles. The predicted octanol–water partition coefficient (Wildman–Crippen LogP) is 3.23. The lowest BCUT2D eigenvalue weighted by molar-refractivity contribution is 0.371. The molecule has 1 aromatic heterocycles. The first kappa shape index (κ1) is 19.1. The fourth-order valence-electron chi connectivity index (χ4n) is 2.45. The summed E-state index contributed by atoms with van der Waals surface area (Å²) in [4.78, 5) is 19.0. The standard InChI is InChI=1S/C19H14BrN5O3/c1-28-17-14(26)8-7-12(15(17)20)10-22-25-19-23-16(11-5-3-2-4-6-11)13(9-21)18(27)24-19/h2-8,10,26H,1H3,(H2,23,24,25,27). The largest absolute Gasteiger partial charge is 0.504 e. The first-order chi connectivity index (χ1) is 13.5. The van der Waals surface area contributed by atoms with E-state index in [1.807, 2.05) is 12.1 Å². The van der Waals surface area contributed by atoms with Crippen molar-refractivity contribution in [3.63, 3.8) is 0 Å². The highest BCUT2D eigenvalue weighted by Gasteiger charge is 2.13. The first-order valence-corrected chi connectivity index (χ1v) is 8.78.